The van der Waals surface area contributed by atoms with Crippen LogP contribution in [-0.4, -0.2) is 22.5 Å². The number of nitrogens with zero attached hydrogens (tertiary/aromatic N) is 1. The van der Waals surface area contributed by atoms with Crippen LogP contribution >= 0.6 is 11.8 Å². The maximum Gasteiger partial charge on any atom is 0.269 e. The van der Waals surface area contributed by atoms with Gasteiger partial charge in [0, 0.05) is 29.5 Å². The maximum absolute atomic E-state index is 10.8. The molecule has 0 saturated carbocycles. The molecule has 1 rings (SSSR count). The van der Waals surface area contributed by atoms with Crippen molar-refractivity contribution in [3.63, 3.8) is 0 Å². The molecule has 0 amide bonds. The summed E-state index contributed by atoms with van der Waals surface area (Å²) in [4.78, 5) is 10.5. The lowest BCUT2D eigenvalue weighted by molar-refractivity contribution is -0.384. The second kappa shape index (κ2) is 6.91. The topological polar surface area (TPSA) is 55.2 Å². The van der Waals surface area contributed by atoms with Crippen LogP contribution < -0.4 is 5.32 Å². The van der Waals surface area contributed by atoms with Crippen molar-refractivity contribution >= 4 is 17.4 Å². The fourth-order valence-electron chi connectivity index (χ4n) is 1.79. The number of nitro benzene ring substituents is 1. The molecule has 0 radical (unpaired) electrons. The van der Waals surface area contributed by atoms with Crippen LogP contribution in [0.1, 0.15) is 38.8 Å². The Kier molecular flexibility index (Phi) is 5.82. The lowest BCUT2D eigenvalue weighted by Crippen LogP contribution is -2.34. The van der Waals surface area contributed by atoms with Gasteiger partial charge in [-0.05, 0) is 32.1 Å². The summed E-state index contributed by atoms with van der Waals surface area (Å²) in [7, 11) is 0. The molecule has 0 aliphatic rings. The number of hydrogen-bond acceptors (Lipinski definition) is 4. The van der Waals surface area contributed by atoms with Crippen LogP contribution in [0.25, 0.3) is 0 Å². The SMILES string of the molecule is CCC(NCC(C)(C)SC)c1cccc([N+](=O)[O-])c1. The summed E-state index contributed by atoms with van der Waals surface area (Å²) < 4.78 is 0.161. The smallest absolute Gasteiger partial charge is 0.269 e. The molecule has 106 valence electrons. The quantitative estimate of drug-likeness (QED) is 0.611. The van der Waals surface area contributed by atoms with Gasteiger partial charge in [-0.2, -0.15) is 11.8 Å². The van der Waals surface area contributed by atoms with Gasteiger partial charge >= 0.3 is 0 Å². The molecule has 0 spiro atoms. The molecule has 1 aromatic rings. The Balaban J connectivity index is 2.80. The lowest BCUT2D eigenvalue weighted by atomic mass is 10.0. The largest absolute Gasteiger partial charge is 0.309 e. The molecule has 5 heteroatoms. The number of non-ortho nitro benzene ring substituents is 1. The minimum absolute atomic E-state index is 0.155. The predicted octanol–water partition coefficient (Wildman–Crippen LogP) is 3.78. The van der Waals surface area contributed by atoms with E-state index in [2.05, 4.69) is 32.3 Å². The molecule has 0 bridgehead atoms. The van der Waals surface area contributed by atoms with Crippen molar-refractivity contribution < 1.29 is 4.92 Å². The van der Waals surface area contributed by atoms with E-state index in [9.17, 15) is 10.1 Å². The minimum atomic E-state index is -0.345. The Morgan fingerprint density at radius 1 is 1.47 bits per heavy atom. The van der Waals surface area contributed by atoms with Crippen LogP contribution in [0, 0.1) is 10.1 Å². The first kappa shape index (κ1) is 16.0. The molecular weight excluding hydrogens is 260 g/mol. The average molecular weight is 282 g/mol. The Bertz CT molecular complexity index is 435. The van der Waals surface area contributed by atoms with E-state index in [1.54, 1.807) is 12.1 Å². The van der Waals surface area contributed by atoms with Crippen LogP contribution in [0.3, 0.4) is 0 Å². The summed E-state index contributed by atoms with van der Waals surface area (Å²) in [5.74, 6) is 0. The van der Waals surface area contributed by atoms with Crippen molar-refractivity contribution in [3.05, 3.63) is 39.9 Å². The van der Waals surface area contributed by atoms with Crippen molar-refractivity contribution in [2.24, 2.45) is 0 Å². The van der Waals surface area contributed by atoms with Gasteiger partial charge in [-0.15, -0.1) is 0 Å². The van der Waals surface area contributed by atoms with E-state index in [4.69, 9.17) is 0 Å². The number of hydrogen-bond donors (Lipinski definition) is 1. The Morgan fingerprint density at radius 2 is 2.16 bits per heavy atom. The minimum Gasteiger partial charge on any atom is -0.309 e. The number of nitro groups is 1. The van der Waals surface area contributed by atoms with E-state index < -0.39 is 0 Å². The zero-order chi connectivity index (χ0) is 14.5. The number of benzene rings is 1. The van der Waals surface area contributed by atoms with E-state index in [0.29, 0.717) is 0 Å². The summed E-state index contributed by atoms with van der Waals surface area (Å²) in [6.07, 6.45) is 3.00. The number of thioether (sulfide) groups is 1. The van der Waals surface area contributed by atoms with Crippen LogP contribution in [0.2, 0.25) is 0 Å². The van der Waals surface area contributed by atoms with E-state index in [-0.39, 0.29) is 21.4 Å². The molecular formula is C14H22N2O2S. The maximum atomic E-state index is 10.8. The summed E-state index contributed by atoms with van der Waals surface area (Å²) in [6.45, 7) is 7.33. The monoisotopic (exact) mass is 282 g/mol. The predicted molar refractivity (Wildman–Crippen MR) is 81.7 cm³/mol. The Morgan fingerprint density at radius 3 is 2.68 bits per heavy atom. The fourth-order valence-corrected chi connectivity index (χ4v) is 2.02. The van der Waals surface area contributed by atoms with Crippen molar-refractivity contribution in [3.8, 4) is 0 Å². The first-order valence-corrected chi connectivity index (χ1v) is 7.65. The molecule has 0 aliphatic carbocycles. The van der Waals surface area contributed by atoms with Gasteiger partial charge in [0.25, 0.3) is 5.69 Å². The van der Waals surface area contributed by atoms with Gasteiger partial charge < -0.3 is 5.32 Å². The van der Waals surface area contributed by atoms with Crippen LogP contribution in [0.5, 0.6) is 0 Å². The zero-order valence-corrected chi connectivity index (χ0v) is 12.8. The van der Waals surface area contributed by atoms with Crippen molar-refractivity contribution in [1.82, 2.24) is 5.32 Å². The third kappa shape index (κ3) is 4.84. The zero-order valence-electron chi connectivity index (χ0n) is 12.0. The first-order valence-electron chi connectivity index (χ1n) is 6.42. The van der Waals surface area contributed by atoms with Gasteiger partial charge in [0.05, 0.1) is 4.92 Å². The fraction of sp³-hybridized carbons (Fsp3) is 0.571. The van der Waals surface area contributed by atoms with Gasteiger partial charge in [0.1, 0.15) is 0 Å². The standard InChI is InChI=1S/C14H22N2O2S/c1-5-13(15-10-14(2,3)19-4)11-7-6-8-12(9-11)16(17)18/h6-9,13,15H,5,10H2,1-4H3. The molecule has 1 unspecified atom stereocenters. The normalized spacial score (nSPS) is 13.3. The molecule has 4 nitrogen and oxygen atoms in total. The Labute approximate surface area is 119 Å². The highest BCUT2D eigenvalue weighted by molar-refractivity contribution is 7.99. The van der Waals surface area contributed by atoms with Gasteiger partial charge in [-0.25, -0.2) is 0 Å². The van der Waals surface area contributed by atoms with E-state index in [1.165, 1.54) is 6.07 Å². The third-order valence-corrected chi connectivity index (χ3v) is 4.47. The van der Waals surface area contributed by atoms with Crippen LogP contribution in [-0.2, 0) is 0 Å². The number of nitrogens with one attached hydrogen (secondary N) is 1. The lowest BCUT2D eigenvalue weighted by Gasteiger charge is -2.26. The molecule has 1 atom stereocenters. The van der Waals surface area contributed by atoms with Gasteiger partial charge in [0.2, 0.25) is 0 Å². The van der Waals surface area contributed by atoms with Gasteiger partial charge in [-0.1, -0.05) is 19.1 Å². The molecule has 0 aliphatic heterocycles. The van der Waals surface area contributed by atoms with Crippen LogP contribution in [0.15, 0.2) is 24.3 Å². The average Bonchev–Trinajstić information content (AvgIpc) is 2.39. The van der Waals surface area contributed by atoms with Crippen molar-refractivity contribution in [2.75, 3.05) is 12.8 Å². The molecule has 1 N–H and O–H groups in total. The molecule has 0 heterocycles. The molecule has 19 heavy (non-hydrogen) atoms. The highest BCUT2D eigenvalue weighted by Gasteiger charge is 2.19. The van der Waals surface area contributed by atoms with E-state index in [0.717, 1.165) is 18.5 Å². The van der Waals surface area contributed by atoms with E-state index in [1.807, 2.05) is 17.8 Å². The van der Waals surface area contributed by atoms with E-state index >= 15 is 0 Å². The summed E-state index contributed by atoms with van der Waals surface area (Å²) in [5.41, 5.74) is 1.13. The first-order chi connectivity index (χ1) is 8.89. The number of rotatable bonds is 7. The molecule has 0 fully saturated rings. The molecule has 0 aromatic heterocycles. The molecule has 1 aromatic carbocycles. The Hall–Kier alpha value is -1.07. The van der Waals surface area contributed by atoms with Gasteiger partial charge in [0.15, 0.2) is 0 Å². The highest BCUT2D eigenvalue weighted by atomic mass is 32.2. The third-order valence-electron chi connectivity index (χ3n) is 3.22. The van der Waals surface area contributed by atoms with Crippen LogP contribution in [0.4, 0.5) is 5.69 Å². The van der Waals surface area contributed by atoms with Crippen molar-refractivity contribution in [2.45, 2.75) is 38.0 Å². The summed E-state index contributed by atoms with van der Waals surface area (Å²) in [5, 5.41) is 14.3. The highest BCUT2D eigenvalue weighted by Crippen LogP contribution is 2.24. The molecule has 0 saturated heterocycles. The van der Waals surface area contributed by atoms with Crippen molar-refractivity contribution in [1.29, 1.82) is 0 Å². The summed E-state index contributed by atoms with van der Waals surface area (Å²) >= 11 is 1.81. The second-order valence-electron chi connectivity index (χ2n) is 5.16. The van der Waals surface area contributed by atoms with Gasteiger partial charge in [-0.3, -0.25) is 10.1 Å². The second-order valence-corrected chi connectivity index (χ2v) is 6.67. The summed E-state index contributed by atoms with van der Waals surface area (Å²) in [6, 6.07) is 7.04.